The lowest BCUT2D eigenvalue weighted by atomic mass is 10.1. The molecule has 1 aromatic carbocycles. The van der Waals surface area contributed by atoms with Crippen molar-refractivity contribution in [1.29, 1.82) is 0 Å². The topological polar surface area (TPSA) is 32.7 Å². The summed E-state index contributed by atoms with van der Waals surface area (Å²) in [6, 6.07) is 6.11. The van der Waals surface area contributed by atoms with E-state index in [1.165, 1.54) is 5.69 Å². The Morgan fingerprint density at radius 2 is 2.29 bits per heavy atom. The van der Waals surface area contributed by atoms with Crippen LogP contribution in [0.2, 0.25) is 0 Å². The lowest BCUT2D eigenvalue weighted by Crippen LogP contribution is -2.22. The van der Waals surface area contributed by atoms with E-state index in [-0.39, 0.29) is 0 Å². The standard InChI is InChI=1S/C13H18BrNO2/c1-9(16)12-4-3-10(7-13(12)14)15-6-5-11(8-15)17-2/h3-4,7,9,11,16H,5-6,8H2,1-2H3. The summed E-state index contributed by atoms with van der Waals surface area (Å²) < 4.78 is 6.33. The molecule has 1 heterocycles. The summed E-state index contributed by atoms with van der Waals surface area (Å²) in [5, 5.41) is 9.58. The fourth-order valence-electron chi connectivity index (χ4n) is 2.21. The number of hydrogen-bond donors (Lipinski definition) is 1. The highest BCUT2D eigenvalue weighted by Gasteiger charge is 2.22. The van der Waals surface area contributed by atoms with Crippen LogP contribution in [0, 0.1) is 0 Å². The quantitative estimate of drug-likeness (QED) is 0.931. The molecule has 0 aliphatic carbocycles. The molecule has 4 heteroatoms. The van der Waals surface area contributed by atoms with E-state index in [1.807, 2.05) is 6.07 Å². The van der Waals surface area contributed by atoms with Gasteiger partial charge in [0.05, 0.1) is 12.2 Å². The Labute approximate surface area is 111 Å². The number of hydrogen-bond acceptors (Lipinski definition) is 3. The van der Waals surface area contributed by atoms with E-state index in [4.69, 9.17) is 4.74 Å². The maximum atomic E-state index is 9.58. The smallest absolute Gasteiger partial charge is 0.0772 e. The second-order valence-electron chi connectivity index (χ2n) is 4.47. The van der Waals surface area contributed by atoms with Gasteiger partial charge in [-0.15, -0.1) is 0 Å². The molecule has 0 bridgehead atoms. The van der Waals surface area contributed by atoms with Crippen LogP contribution in [0.1, 0.15) is 25.0 Å². The van der Waals surface area contributed by atoms with Crippen molar-refractivity contribution in [2.45, 2.75) is 25.6 Å². The third-order valence-electron chi connectivity index (χ3n) is 3.28. The highest BCUT2D eigenvalue weighted by molar-refractivity contribution is 9.10. The number of aliphatic hydroxyl groups excluding tert-OH is 1. The van der Waals surface area contributed by atoms with Crippen LogP contribution in [0.4, 0.5) is 5.69 Å². The second-order valence-corrected chi connectivity index (χ2v) is 5.33. The van der Waals surface area contributed by atoms with E-state index in [1.54, 1.807) is 14.0 Å². The average Bonchev–Trinajstić information content (AvgIpc) is 2.76. The Balaban J connectivity index is 2.15. The van der Waals surface area contributed by atoms with Crippen LogP contribution in [0.15, 0.2) is 22.7 Å². The van der Waals surface area contributed by atoms with E-state index in [0.717, 1.165) is 29.5 Å². The third kappa shape index (κ3) is 2.81. The molecular weight excluding hydrogens is 282 g/mol. The van der Waals surface area contributed by atoms with Crippen molar-refractivity contribution in [2.75, 3.05) is 25.1 Å². The monoisotopic (exact) mass is 299 g/mol. The van der Waals surface area contributed by atoms with Gasteiger partial charge in [0.2, 0.25) is 0 Å². The Bertz CT molecular complexity index is 395. The summed E-state index contributed by atoms with van der Waals surface area (Å²) >= 11 is 3.51. The maximum Gasteiger partial charge on any atom is 0.0772 e. The highest BCUT2D eigenvalue weighted by Crippen LogP contribution is 2.30. The van der Waals surface area contributed by atoms with Crippen LogP contribution in [-0.4, -0.2) is 31.4 Å². The predicted molar refractivity (Wildman–Crippen MR) is 72.4 cm³/mol. The molecule has 1 aliphatic heterocycles. The molecule has 94 valence electrons. The van der Waals surface area contributed by atoms with Gasteiger partial charge in [-0.05, 0) is 31.0 Å². The number of halogens is 1. The summed E-state index contributed by atoms with van der Waals surface area (Å²) in [4.78, 5) is 2.31. The van der Waals surface area contributed by atoms with Gasteiger partial charge in [0.15, 0.2) is 0 Å². The first-order chi connectivity index (χ1) is 8.11. The summed E-state index contributed by atoms with van der Waals surface area (Å²) in [6.45, 7) is 3.74. The van der Waals surface area contributed by atoms with E-state index in [9.17, 15) is 5.11 Å². The molecule has 0 amide bonds. The Kier molecular flexibility index (Phi) is 4.07. The van der Waals surface area contributed by atoms with Gasteiger partial charge < -0.3 is 14.7 Å². The largest absolute Gasteiger partial charge is 0.389 e. The molecule has 3 nitrogen and oxygen atoms in total. The Morgan fingerprint density at radius 1 is 1.53 bits per heavy atom. The zero-order valence-corrected chi connectivity index (χ0v) is 11.8. The van der Waals surface area contributed by atoms with Gasteiger partial charge in [-0.25, -0.2) is 0 Å². The number of benzene rings is 1. The molecule has 1 aliphatic rings. The van der Waals surface area contributed by atoms with E-state index < -0.39 is 6.10 Å². The summed E-state index contributed by atoms with van der Waals surface area (Å²) in [5.74, 6) is 0. The molecule has 1 fully saturated rings. The van der Waals surface area contributed by atoms with Crippen molar-refractivity contribution >= 4 is 21.6 Å². The fraction of sp³-hybridized carbons (Fsp3) is 0.538. The number of rotatable bonds is 3. The number of methoxy groups -OCH3 is 1. The minimum atomic E-state index is -0.441. The van der Waals surface area contributed by atoms with Gasteiger partial charge in [-0.2, -0.15) is 0 Å². The molecule has 2 rings (SSSR count). The molecule has 0 saturated carbocycles. The number of ether oxygens (including phenoxy) is 1. The number of aliphatic hydroxyl groups is 1. The van der Waals surface area contributed by atoms with Crippen molar-refractivity contribution in [3.8, 4) is 0 Å². The lowest BCUT2D eigenvalue weighted by Gasteiger charge is -2.20. The molecule has 1 N–H and O–H groups in total. The van der Waals surface area contributed by atoms with E-state index in [0.29, 0.717) is 6.10 Å². The second kappa shape index (κ2) is 5.38. The SMILES string of the molecule is COC1CCN(c2ccc(C(C)O)c(Br)c2)C1. The molecule has 0 radical (unpaired) electrons. The predicted octanol–water partition coefficient (Wildman–Crippen LogP) is 2.73. The van der Waals surface area contributed by atoms with Gasteiger partial charge in [0, 0.05) is 30.4 Å². The Morgan fingerprint density at radius 3 is 2.82 bits per heavy atom. The molecule has 0 spiro atoms. The molecule has 0 aromatic heterocycles. The summed E-state index contributed by atoms with van der Waals surface area (Å²) in [6.07, 6.45) is 0.973. The number of nitrogens with zero attached hydrogens (tertiary/aromatic N) is 1. The molecular formula is C13H18BrNO2. The van der Waals surface area contributed by atoms with Crippen molar-refractivity contribution in [2.24, 2.45) is 0 Å². The van der Waals surface area contributed by atoms with E-state index in [2.05, 4.69) is 33.0 Å². The third-order valence-corrected chi connectivity index (χ3v) is 3.96. The maximum absolute atomic E-state index is 9.58. The van der Waals surface area contributed by atoms with Crippen molar-refractivity contribution in [3.63, 3.8) is 0 Å². The lowest BCUT2D eigenvalue weighted by molar-refractivity contribution is 0.121. The van der Waals surface area contributed by atoms with Crippen molar-refractivity contribution < 1.29 is 9.84 Å². The fourth-order valence-corrected chi connectivity index (χ4v) is 2.90. The molecule has 1 aromatic rings. The zero-order chi connectivity index (χ0) is 12.4. The molecule has 2 atom stereocenters. The first-order valence-electron chi connectivity index (χ1n) is 5.87. The summed E-state index contributed by atoms with van der Waals surface area (Å²) in [7, 11) is 1.76. The van der Waals surface area contributed by atoms with Gasteiger partial charge >= 0.3 is 0 Å². The molecule has 2 unspecified atom stereocenters. The van der Waals surface area contributed by atoms with Crippen LogP contribution in [0.5, 0.6) is 0 Å². The molecule has 17 heavy (non-hydrogen) atoms. The minimum absolute atomic E-state index is 0.338. The minimum Gasteiger partial charge on any atom is -0.389 e. The highest BCUT2D eigenvalue weighted by atomic mass is 79.9. The number of anilines is 1. The Hall–Kier alpha value is -0.580. The first kappa shape index (κ1) is 12.9. The van der Waals surface area contributed by atoms with Crippen LogP contribution in [0.25, 0.3) is 0 Å². The van der Waals surface area contributed by atoms with Gasteiger partial charge in [-0.3, -0.25) is 0 Å². The zero-order valence-electron chi connectivity index (χ0n) is 10.2. The van der Waals surface area contributed by atoms with Crippen molar-refractivity contribution in [1.82, 2.24) is 0 Å². The van der Waals surface area contributed by atoms with Crippen LogP contribution >= 0.6 is 15.9 Å². The van der Waals surface area contributed by atoms with E-state index >= 15 is 0 Å². The van der Waals surface area contributed by atoms with Crippen LogP contribution < -0.4 is 4.90 Å². The van der Waals surface area contributed by atoms with Gasteiger partial charge in [0.1, 0.15) is 0 Å². The normalized spacial score (nSPS) is 21.9. The first-order valence-corrected chi connectivity index (χ1v) is 6.66. The van der Waals surface area contributed by atoms with Gasteiger partial charge in [-0.1, -0.05) is 22.0 Å². The van der Waals surface area contributed by atoms with Gasteiger partial charge in [0.25, 0.3) is 0 Å². The van der Waals surface area contributed by atoms with Crippen molar-refractivity contribution in [3.05, 3.63) is 28.2 Å². The molecule has 1 saturated heterocycles. The average molecular weight is 300 g/mol. The van der Waals surface area contributed by atoms with Crippen LogP contribution in [-0.2, 0) is 4.74 Å². The summed E-state index contributed by atoms with van der Waals surface area (Å²) in [5.41, 5.74) is 2.11. The van der Waals surface area contributed by atoms with Crippen LogP contribution in [0.3, 0.4) is 0 Å².